The van der Waals surface area contributed by atoms with Crippen molar-refractivity contribution in [2.45, 2.75) is 6.54 Å². The van der Waals surface area contributed by atoms with Gasteiger partial charge in [-0.15, -0.1) is 0 Å². The Hall–Kier alpha value is -1.88. The molecule has 15 heavy (non-hydrogen) atoms. The SMILES string of the molecule is COc1cccn2c(=O)c(CN)cnc12. The van der Waals surface area contributed by atoms with Crippen molar-refractivity contribution in [1.29, 1.82) is 0 Å². The summed E-state index contributed by atoms with van der Waals surface area (Å²) in [4.78, 5) is 16.0. The third-order valence-corrected chi connectivity index (χ3v) is 2.21. The second-order valence-corrected chi connectivity index (χ2v) is 3.06. The predicted molar refractivity (Wildman–Crippen MR) is 55.9 cm³/mol. The molecule has 0 spiro atoms. The summed E-state index contributed by atoms with van der Waals surface area (Å²) in [5, 5.41) is 0. The summed E-state index contributed by atoms with van der Waals surface area (Å²) >= 11 is 0. The Kier molecular flexibility index (Phi) is 2.39. The van der Waals surface area contributed by atoms with E-state index in [0.29, 0.717) is 17.0 Å². The zero-order valence-corrected chi connectivity index (χ0v) is 8.30. The van der Waals surface area contributed by atoms with Crippen molar-refractivity contribution < 1.29 is 4.74 Å². The normalized spacial score (nSPS) is 10.5. The first kappa shape index (κ1) is 9.67. The fraction of sp³-hybridized carbons (Fsp3) is 0.200. The monoisotopic (exact) mass is 205 g/mol. The molecule has 0 aliphatic carbocycles. The maximum Gasteiger partial charge on any atom is 0.262 e. The quantitative estimate of drug-likeness (QED) is 0.758. The van der Waals surface area contributed by atoms with Gasteiger partial charge in [0.25, 0.3) is 5.56 Å². The number of methoxy groups -OCH3 is 1. The van der Waals surface area contributed by atoms with Crippen LogP contribution in [0.5, 0.6) is 5.75 Å². The molecular weight excluding hydrogens is 194 g/mol. The number of aromatic nitrogens is 2. The maximum absolute atomic E-state index is 11.8. The van der Waals surface area contributed by atoms with Crippen LogP contribution in [0.2, 0.25) is 0 Å². The maximum atomic E-state index is 11.8. The second kappa shape index (κ2) is 3.70. The van der Waals surface area contributed by atoms with Crippen molar-refractivity contribution in [3.8, 4) is 5.75 Å². The lowest BCUT2D eigenvalue weighted by Crippen LogP contribution is -2.21. The molecule has 2 N–H and O–H groups in total. The molecule has 0 atom stereocenters. The highest BCUT2D eigenvalue weighted by molar-refractivity contribution is 5.53. The van der Waals surface area contributed by atoms with E-state index in [4.69, 9.17) is 10.5 Å². The first-order valence-electron chi connectivity index (χ1n) is 4.51. The predicted octanol–water partition coefficient (Wildman–Crippen LogP) is 0.162. The van der Waals surface area contributed by atoms with Crippen LogP contribution in [0.3, 0.4) is 0 Å². The first-order chi connectivity index (χ1) is 7.27. The summed E-state index contributed by atoms with van der Waals surface area (Å²) in [6.45, 7) is 0.186. The van der Waals surface area contributed by atoms with Gasteiger partial charge in [0.15, 0.2) is 11.4 Å². The molecular formula is C10H11N3O2. The van der Waals surface area contributed by atoms with E-state index in [1.807, 2.05) is 0 Å². The number of hydrogen-bond donors (Lipinski definition) is 1. The summed E-state index contributed by atoms with van der Waals surface area (Å²) in [7, 11) is 1.54. The summed E-state index contributed by atoms with van der Waals surface area (Å²) in [5.74, 6) is 0.568. The molecule has 2 heterocycles. The van der Waals surface area contributed by atoms with E-state index in [1.54, 1.807) is 25.4 Å². The van der Waals surface area contributed by atoms with E-state index in [-0.39, 0.29) is 12.1 Å². The van der Waals surface area contributed by atoms with Gasteiger partial charge in [-0.25, -0.2) is 4.98 Å². The molecule has 0 saturated heterocycles. The van der Waals surface area contributed by atoms with Crippen LogP contribution in [-0.4, -0.2) is 16.5 Å². The number of nitrogens with zero attached hydrogens (tertiary/aromatic N) is 2. The molecule has 2 aromatic rings. The first-order valence-corrected chi connectivity index (χ1v) is 4.51. The minimum Gasteiger partial charge on any atom is -0.493 e. The van der Waals surface area contributed by atoms with Crippen molar-refractivity contribution >= 4 is 5.65 Å². The van der Waals surface area contributed by atoms with Crippen LogP contribution < -0.4 is 16.0 Å². The minimum atomic E-state index is -0.151. The van der Waals surface area contributed by atoms with Gasteiger partial charge in [-0.3, -0.25) is 9.20 Å². The smallest absolute Gasteiger partial charge is 0.262 e. The highest BCUT2D eigenvalue weighted by atomic mass is 16.5. The second-order valence-electron chi connectivity index (χ2n) is 3.06. The number of fused-ring (bicyclic) bond motifs is 1. The van der Waals surface area contributed by atoms with E-state index in [0.717, 1.165) is 0 Å². The van der Waals surface area contributed by atoms with Gasteiger partial charge in [0.05, 0.1) is 7.11 Å². The van der Waals surface area contributed by atoms with Gasteiger partial charge < -0.3 is 10.5 Å². The van der Waals surface area contributed by atoms with Crippen molar-refractivity contribution in [2.75, 3.05) is 7.11 Å². The Bertz CT molecular complexity index is 548. The van der Waals surface area contributed by atoms with Crippen LogP contribution in [0.4, 0.5) is 0 Å². The molecule has 0 saturated carbocycles. The van der Waals surface area contributed by atoms with Gasteiger partial charge in [0, 0.05) is 24.5 Å². The molecule has 2 rings (SSSR count). The standard InChI is InChI=1S/C10H11N3O2/c1-15-8-3-2-4-13-9(8)12-6-7(5-11)10(13)14/h2-4,6H,5,11H2,1H3. The van der Waals surface area contributed by atoms with Gasteiger partial charge in [-0.2, -0.15) is 0 Å². The lowest BCUT2D eigenvalue weighted by atomic mass is 10.3. The Morgan fingerprint density at radius 3 is 3.07 bits per heavy atom. The van der Waals surface area contributed by atoms with Crippen LogP contribution >= 0.6 is 0 Å². The number of hydrogen-bond acceptors (Lipinski definition) is 4. The van der Waals surface area contributed by atoms with Crippen LogP contribution in [0.1, 0.15) is 5.56 Å². The molecule has 78 valence electrons. The molecule has 0 aromatic carbocycles. The van der Waals surface area contributed by atoms with E-state index in [1.165, 1.54) is 10.6 Å². The van der Waals surface area contributed by atoms with Crippen molar-refractivity contribution in [3.63, 3.8) is 0 Å². The Morgan fingerprint density at radius 1 is 1.60 bits per heavy atom. The summed E-state index contributed by atoms with van der Waals surface area (Å²) < 4.78 is 6.53. The van der Waals surface area contributed by atoms with Gasteiger partial charge in [-0.05, 0) is 12.1 Å². The lowest BCUT2D eigenvalue weighted by molar-refractivity contribution is 0.416. The molecule has 0 bridgehead atoms. The minimum absolute atomic E-state index is 0.151. The van der Waals surface area contributed by atoms with Gasteiger partial charge in [0.2, 0.25) is 0 Å². The van der Waals surface area contributed by atoms with E-state index in [2.05, 4.69) is 4.98 Å². The topological polar surface area (TPSA) is 69.6 Å². The zero-order valence-electron chi connectivity index (χ0n) is 8.30. The Labute approximate surface area is 86.1 Å². The Morgan fingerprint density at radius 2 is 2.40 bits per heavy atom. The van der Waals surface area contributed by atoms with Crippen LogP contribution in [0.25, 0.3) is 5.65 Å². The number of pyridine rings is 1. The fourth-order valence-electron chi connectivity index (χ4n) is 1.42. The average Bonchev–Trinajstić information content (AvgIpc) is 2.29. The van der Waals surface area contributed by atoms with E-state index in [9.17, 15) is 4.79 Å². The third kappa shape index (κ3) is 1.46. The number of ether oxygens (including phenoxy) is 1. The highest BCUT2D eigenvalue weighted by Gasteiger charge is 2.06. The van der Waals surface area contributed by atoms with Crippen molar-refractivity contribution in [2.24, 2.45) is 5.73 Å². The molecule has 0 unspecified atom stereocenters. The number of rotatable bonds is 2. The van der Waals surface area contributed by atoms with Gasteiger partial charge in [0.1, 0.15) is 0 Å². The van der Waals surface area contributed by atoms with Crippen LogP contribution in [0.15, 0.2) is 29.3 Å². The van der Waals surface area contributed by atoms with Crippen molar-refractivity contribution in [3.05, 3.63) is 40.4 Å². The van der Waals surface area contributed by atoms with Crippen LogP contribution in [-0.2, 0) is 6.54 Å². The molecule has 0 aliphatic heterocycles. The molecule has 0 aliphatic rings. The van der Waals surface area contributed by atoms with Crippen LogP contribution in [0, 0.1) is 0 Å². The van der Waals surface area contributed by atoms with E-state index < -0.39 is 0 Å². The van der Waals surface area contributed by atoms with Gasteiger partial charge in [-0.1, -0.05) is 0 Å². The summed E-state index contributed by atoms with van der Waals surface area (Å²) in [6.07, 6.45) is 3.13. The molecule has 5 heteroatoms. The summed E-state index contributed by atoms with van der Waals surface area (Å²) in [6, 6.07) is 3.49. The number of nitrogens with two attached hydrogens (primary N) is 1. The largest absolute Gasteiger partial charge is 0.493 e. The average molecular weight is 205 g/mol. The van der Waals surface area contributed by atoms with Gasteiger partial charge >= 0.3 is 0 Å². The highest BCUT2D eigenvalue weighted by Crippen LogP contribution is 2.14. The fourth-order valence-corrected chi connectivity index (χ4v) is 1.42. The summed E-state index contributed by atoms with van der Waals surface area (Å²) in [5.41, 5.74) is 6.27. The Balaban J connectivity index is 2.84. The molecule has 0 fully saturated rings. The van der Waals surface area contributed by atoms with Crippen molar-refractivity contribution in [1.82, 2.24) is 9.38 Å². The van der Waals surface area contributed by atoms with E-state index >= 15 is 0 Å². The zero-order chi connectivity index (χ0) is 10.8. The third-order valence-electron chi connectivity index (χ3n) is 2.21. The molecule has 2 aromatic heterocycles. The molecule has 0 amide bonds. The molecule has 0 radical (unpaired) electrons. The lowest BCUT2D eigenvalue weighted by Gasteiger charge is -2.06. The molecule has 5 nitrogen and oxygen atoms in total.